The largest absolute Gasteiger partial charge is 0.308 e. The lowest BCUT2D eigenvalue weighted by molar-refractivity contribution is 0.745. The van der Waals surface area contributed by atoms with E-state index in [0.717, 1.165) is 48.4 Å². The number of H-pyrrole nitrogens is 1. The Kier molecular flexibility index (Phi) is 5.02. The first kappa shape index (κ1) is 20.5. The molecule has 0 aliphatic heterocycles. The van der Waals surface area contributed by atoms with Crippen LogP contribution in [0.1, 0.15) is 53.3 Å². The molecule has 0 bridgehead atoms. The highest BCUT2D eigenvalue weighted by Crippen LogP contribution is 2.38. The van der Waals surface area contributed by atoms with E-state index in [2.05, 4.69) is 86.5 Å². The summed E-state index contributed by atoms with van der Waals surface area (Å²) in [4.78, 5) is 9.40. The zero-order valence-corrected chi connectivity index (χ0v) is 19.3. The minimum absolute atomic E-state index is 0.699. The fraction of sp³-hybridized carbons (Fsp3) is 0.222. The average Bonchev–Trinajstić information content (AvgIpc) is 3.49. The van der Waals surface area contributed by atoms with Crippen molar-refractivity contribution in [1.29, 1.82) is 0 Å². The number of allylic oxidation sites excluding steroid dienone is 1. The van der Waals surface area contributed by atoms with Crippen molar-refractivity contribution in [3.05, 3.63) is 100 Å². The van der Waals surface area contributed by atoms with E-state index in [-0.39, 0.29) is 0 Å². The highest BCUT2D eigenvalue weighted by molar-refractivity contribution is 5.98. The van der Waals surface area contributed by atoms with E-state index < -0.39 is 0 Å². The number of tetrazole rings is 1. The van der Waals surface area contributed by atoms with Crippen molar-refractivity contribution in [2.75, 3.05) is 0 Å². The fourth-order valence-electron chi connectivity index (χ4n) is 5.06. The number of imidazole rings is 1. The Hall–Kier alpha value is -4.13. The van der Waals surface area contributed by atoms with Crippen LogP contribution in [0, 0.1) is 0 Å². The van der Waals surface area contributed by atoms with Gasteiger partial charge in [-0.15, -0.1) is 5.10 Å². The first-order valence-corrected chi connectivity index (χ1v) is 11.7. The van der Waals surface area contributed by atoms with E-state index in [0.29, 0.717) is 5.82 Å². The van der Waals surface area contributed by atoms with Crippen molar-refractivity contribution in [2.24, 2.45) is 0 Å². The lowest BCUT2D eigenvalue weighted by atomic mass is 9.89. The fourth-order valence-corrected chi connectivity index (χ4v) is 5.06. The third-order valence-corrected chi connectivity index (χ3v) is 6.70. The summed E-state index contributed by atoms with van der Waals surface area (Å²) in [5, 5.41) is 14.7. The van der Waals surface area contributed by atoms with Gasteiger partial charge in [0.1, 0.15) is 11.3 Å². The van der Waals surface area contributed by atoms with Crippen LogP contribution in [0.3, 0.4) is 0 Å². The molecule has 0 fully saturated rings. The van der Waals surface area contributed by atoms with Gasteiger partial charge < -0.3 is 4.57 Å². The third kappa shape index (κ3) is 3.41. The van der Waals surface area contributed by atoms with Gasteiger partial charge in [0.05, 0.1) is 6.54 Å². The number of aromatic nitrogens is 7. The van der Waals surface area contributed by atoms with Crippen LogP contribution in [0.15, 0.2) is 60.8 Å². The van der Waals surface area contributed by atoms with Crippen LogP contribution in [0.2, 0.25) is 0 Å². The van der Waals surface area contributed by atoms with E-state index in [4.69, 9.17) is 4.98 Å². The Morgan fingerprint density at radius 3 is 2.71 bits per heavy atom. The van der Waals surface area contributed by atoms with Crippen LogP contribution in [0.25, 0.3) is 22.3 Å². The second-order valence-corrected chi connectivity index (χ2v) is 8.71. The number of fused-ring (bicyclic) bond motifs is 3. The van der Waals surface area contributed by atoms with E-state index in [1.54, 1.807) is 0 Å². The van der Waals surface area contributed by atoms with Crippen molar-refractivity contribution < 1.29 is 0 Å². The summed E-state index contributed by atoms with van der Waals surface area (Å²) in [7, 11) is 0. The van der Waals surface area contributed by atoms with Gasteiger partial charge in [-0.05, 0) is 75.7 Å². The van der Waals surface area contributed by atoms with Crippen molar-refractivity contribution in [1.82, 2.24) is 35.2 Å². The molecule has 0 spiro atoms. The molecule has 0 unspecified atom stereocenters. The molecule has 5 aromatic rings. The molecule has 7 nitrogen and oxygen atoms in total. The van der Waals surface area contributed by atoms with Crippen LogP contribution in [-0.2, 0) is 25.8 Å². The second-order valence-electron chi connectivity index (χ2n) is 8.71. The summed E-state index contributed by atoms with van der Waals surface area (Å²) < 4.78 is 2.24. The average molecular weight is 448 g/mol. The monoisotopic (exact) mass is 447 g/mol. The molecule has 2 aromatic carbocycles. The summed E-state index contributed by atoms with van der Waals surface area (Å²) in [5.41, 5.74) is 10.6. The molecule has 0 atom stereocenters. The molecule has 1 N–H and O–H groups in total. The van der Waals surface area contributed by atoms with Gasteiger partial charge in [0.2, 0.25) is 0 Å². The number of aromatic amines is 1. The minimum atomic E-state index is 0.699. The summed E-state index contributed by atoms with van der Waals surface area (Å²) in [6.45, 7) is 4.99. The Morgan fingerprint density at radius 2 is 1.85 bits per heavy atom. The molecule has 0 amide bonds. The summed E-state index contributed by atoms with van der Waals surface area (Å²) in [6, 6.07) is 19.5. The number of rotatable bonds is 4. The Morgan fingerprint density at radius 1 is 1.00 bits per heavy atom. The molecule has 0 radical (unpaired) electrons. The molecule has 0 saturated carbocycles. The molecule has 7 heteroatoms. The van der Waals surface area contributed by atoms with Gasteiger partial charge in [0.25, 0.3) is 0 Å². The normalized spacial score (nSPS) is 14.5. The first-order valence-electron chi connectivity index (χ1n) is 11.7. The molecule has 34 heavy (non-hydrogen) atoms. The smallest absolute Gasteiger partial charge is 0.175 e. The summed E-state index contributed by atoms with van der Waals surface area (Å²) in [6.07, 6.45) is 4.68. The number of pyridine rings is 1. The highest BCUT2D eigenvalue weighted by Gasteiger charge is 2.22. The van der Waals surface area contributed by atoms with Gasteiger partial charge >= 0.3 is 0 Å². The number of aryl methyl sites for hydroxylation is 3. The SMILES string of the molecule is CCc1nc2cccnc2n1Cc1ccc2c(c1)CCc1ccccc1/C2=C(/C)c1nnn[nH]1. The number of hydrogen-bond acceptors (Lipinski definition) is 5. The van der Waals surface area contributed by atoms with Crippen LogP contribution in [-0.4, -0.2) is 35.2 Å². The van der Waals surface area contributed by atoms with Crippen LogP contribution in [0.4, 0.5) is 0 Å². The zero-order valence-electron chi connectivity index (χ0n) is 19.3. The van der Waals surface area contributed by atoms with E-state index in [1.807, 2.05) is 18.3 Å². The minimum Gasteiger partial charge on any atom is -0.308 e. The Balaban J connectivity index is 1.48. The molecular formula is C27H25N7. The predicted molar refractivity (Wildman–Crippen MR) is 132 cm³/mol. The maximum Gasteiger partial charge on any atom is 0.175 e. The summed E-state index contributed by atoms with van der Waals surface area (Å²) in [5.74, 6) is 1.76. The van der Waals surface area contributed by atoms with E-state index >= 15 is 0 Å². The quantitative estimate of drug-likeness (QED) is 0.434. The maximum absolute atomic E-state index is 4.79. The molecule has 3 heterocycles. The lowest BCUT2D eigenvalue weighted by Gasteiger charge is -2.16. The molecule has 6 rings (SSSR count). The van der Waals surface area contributed by atoms with Gasteiger partial charge in [-0.25, -0.2) is 15.1 Å². The van der Waals surface area contributed by atoms with Gasteiger partial charge in [0.15, 0.2) is 11.5 Å². The van der Waals surface area contributed by atoms with Crippen molar-refractivity contribution in [3.8, 4) is 0 Å². The van der Waals surface area contributed by atoms with Gasteiger partial charge in [0, 0.05) is 18.2 Å². The van der Waals surface area contributed by atoms with Gasteiger partial charge in [-0.1, -0.05) is 49.4 Å². The van der Waals surface area contributed by atoms with Crippen LogP contribution in [0.5, 0.6) is 0 Å². The zero-order chi connectivity index (χ0) is 23.1. The van der Waals surface area contributed by atoms with Crippen molar-refractivity contribution >= 4 is 22.3 Å². The molecular weight excluding hydrogens is 422 g/mol. The van der Waals surface area contributed by atoms with Crippen molar-refractivity contribution in [3.63, 3.8) is 0 Å². The highest BCUT2D eigenvalue weighted by atomic mass is 15.5. The number of nitrogens with one attached hydrogen (secondary N) is 1. The van der Waals surface area contributed by atoms with E-state index in [1.165, 1.54) is 33.4 Å². The number of hydrogen-bond donors (Lipinski definition) is 1. The molecule has 1 aliphatic rings. The second kappa shape index (κ2) is 8.33. The van der Waals surface area contributed by atoms with Gasteiger partial charge in [-0.2, -0.15) is 0 Å². The van der Waals surface area contributed by atoms with Crippen LogP contribution < -0.4 is 0 Å². The Bertz CT molecular complexity index is 1530. The van der Waals surface area contributed by atoms with Gasteiger partial charge in [-0.3, -0.25) is 0 Å². The third-order valence-electron chi connectivity index (χ3n) is 6.70. The standard InChI is InChI=1S/C27H25N7/c1-3-24-29-23-9-6-14-28-27(23)34(24)16-18-10-13-22-20(15-18)12-11-19-7-4-5-8-21(19)25(22)17(2)26-30-32-33-31-26/h4-10,13-15H,3,11-12,16H2,1-2H3,(H,30,31,32,33)/b25-17+. The topological polar surface area (TPSA) is 85.2 Å². The first-order chi connectivity index (χ1) is 16.7. The van der Waals surface area contributed by atoms with Crippen molar-refractivity contribution in [2.45, 2.75) is 39.7 Å². The molecule has 0 saturated heterocycles. The molecule has 3 aromatic heterocycles. The Labute approximate surface area is 197 Å². The number of benzene rings is 2. The van der Waals surface area contributed by atoms with E-state index in [9.17, 15) is 0 Å². The summed E-state index contributed by atoms with van der Waals surface area (Å²) >= 11 is 0. The molecule has 1 aliphatic carbocycles. The lowest BCUT2D eigenvalue weighted by Crippen LogP contribution is -2.06. The molecule has 168 valence electrons. The predicted octanol–water partition coefficient (Wildman–Crippen LogP) is 4.63. The maximum atomic E-state index is 4.79. The number of nitrogens with zero attached hydrogens (tertiary/aromatic N) is 6. The van der Waals surface area contributed by atoms with Crippen LogP contribution >= 0.6 is 0 Å².